The van der Waals surface area contributed by atoms with Gasteiger partial charge in [-0.3, -0.25) is 0 Å². The van der Waals surface area contributed by atoms with Crippen molar-refractivity contribution in [2.45, 2.75) is 25.3 Å². The molecule has 0 amide bonds. The van der Waals surface area contributed by atoms with E-state index in [9.17, 15) is 0 Å². The predicted octanol–water partition coefficient (Wildman–Crippen LogP) is 3.90. The van der Waals surface area contributed by atoms with Crippen LogP contribution in [0.2, 0.25) is 0 Å². The van der Waals surface area contributed by atoms with Crippen LogP contribution in [0.25, 0.3) is 10.9 Å². The number of aromatic nitrogens is 1. The van der Waals surface area contributed by atoms with Gasteiger partial charge in [0.25, 0.3) is 0 Å². The van der Waals surface area contributed by atoms with Gasteiger partial charge in [0, 0.05) is 23.2 Å². The molecule has 2 N–H and O–H groups in total. The summed E-state index contributed by atoms with van der Waals surface area (Å²) in [5.74, 6) is 1.91. The Morgan fingerprint density at radius 3 is 2.83 bits per heavy atom. The number of aromatic amines is 1. The smallest absolute Gasteiger partial charge is 0.0732 e. The minimum absolute atomic E-state index is 0.791. The third kappa shape index (κ3) is 4.07. The van der Waals surface area contributed by atoms with E-state index in [1.807, 2.05) is 11.8 Å². The van der Waals surface area contributed by atoms with E-state index < -0.39 is 0 Å². The molecule has 2 nitrogen and oxygen atoms in total. The van der Waals surface area contributed by atoms with Crippen molar-refractivity contribution >= 4 is 22.7 Å². The van der Waals surface area contributed by atoms with Crippen LogP contribution in [-0.2, 0) is 0 Å². The van der Waals surface area contributed by atoms with Gasteiger partial charge in [-0.25, -0.2) is 0 Å². The second kappa shape index (κ2) is 6.86. The number of thioether (sulfide) groups is 1. The van der Waals surface area contributed by atoms with E-state index >= 15 is 0 Å². The molecule has 18 heavy (non-hydrogen) atoms. The van der Waals surface area contributed by atoms with Gasteiger partial charge in [0.1, 0.15) is 0 Å². The molecular weight excluding hydrogens is 240 g/mol. The summed E-state index contributed by atoms with van der Waals surface area (Å²) >= 11 is 1.89. The van der Waals surface area contributed by atoms with Crippen LogP contribution in [0.3, 0.4) is 0 Å². The molecule has 0 fully saturated rings. The summed E-state index contributed by atoms with van der Waals surface area (Å²) in [5.41, 5.74) is 1.23. The highest BCUT2D eigenvalue weighted by atomic mass is 32.2. The lowest BCUT2D eigenvalue weighted by molar-refractivity contribution is 0.547. The van der Waals surface area contributed by atoms with Crippen molar-refractivity contribution < 1.29 is 0 Å². The van der Waals surface area contributed by atoms with Crippen LogP contribution < -0.4 is 5.32 Å². The average Bonchev–Trinajstić information content (AvgIpc) is 2.75. The van der Waals surface area contributed by atoms with E-state index in [4.69, 9.17) is 0 Å². The number of fused-ring (bicyclic) bond motifs is 1. The molecule has 0 saturated heterocycles. The first kappa shape index (κ1) is 13.5. The molecule has 0 radical (unpaired) electrons. The Labute approximate surface area is 114 Å². The molecule has 0 unspecified atom stereocenters. The lowest BCUT2D eigenvalue weighted by Gasteiger charge is -2.05. The summed E-state index contributed by atoms with van der Waals surface area (Å²) in [4.78, 5) is 3.44. The van der Waals surface area contributed by atoms with E-state index in [1.54, 1.807) is 0 Å². The Morgan fingerprint density at radius 2 is 2.06 bits per heavy atom. The average molecular weight is 262 g/mol. The molecule has 0 atom stereocenters. The summed E-state index contributed by atoms with van der Waals surface area (Å²) in [5, 5.41) is 6.05. The zero-order valence-corrected chi connectivity index (χ0v) is 12.0. The summed E-state index contributed by atoms with van der Waals surface area (Å²) in [6.07, 6.45) is 1.26. The molecular formula is C15H22N2S. The van der Waals surface area contributed by atoms with E-state index in [0.717, 1.165) is 24.8 Å². The topological polar surface area (TPSA) is 27.8 Å². The molecule has 0 spiro atoms. The van der Waals surface area contributed by atoms with E-state index in [2.05, 4.69) is 54.5 Å². The van der Waals surface area contributed by atoms with Crippen molar-refractivity contribution in [2.24, 2.45) is 5.92 Å². The van der Waals surface area contributed by atoms with Crippen LogP contribution in [-0.4, -0.2) is 23.8 Å². The van der Waals surface area contributed by atoms with Gasteiger partial charge in [-0.05, 0) is 31.0 Å². The lowest BCUT2D eigenvalue weighted by atomic mass is 10.1. The zero-order valence-electron chi connectivity index (χ0n) is 11.2. The minimum Gasteiger partial charge on any atom is -0.350 e. The quantitative estimate of drug-likeness (QED) is 0.585. The number of hydrogen-bond donors (Lipinski definition) is 2. The highest BCUT2D eigenvalue weighted by Crippen LogP contribution is 2.22. The van der Waals surface area contributed by atoms with Crippen molar-refractivity contribution in [3.8, 4) is 0 Å². The summed E-state index contributed by atoms with van der Waals surface area (Å²) in [6, 6.07) is 10.7. The lowest BCUT2D eigenvalue weighted by Crippen LogP contribution is -2.19. The number of nitrogens with one attached hydrogen (secondary N) is 2. The minimum atomic E-state index is 0.791. The normalized spacial score (nSPS) is 11.5. The Morgan fingerprint density at radius 1 is 1.22 bits per heavy atom. The first-order chi connectivity index (χ1) is 8.75. The van der Waals surface area contributed by atoms with Crippen molar-refractivity contribution in [2.75, 3.05) is 18.8 Å². The standard InChI is InChI=1S/C15H22N2S/c1-12(2)7-8-16-9-10-18-15-11-13-5-3-4-6-14(13)17-15/h3-6,11-12,16-17H,7-10H2,1-2H3. The number of H-pyrrole nitrogens is 1. The second-order valence-electron chi connectivity index (χ2n) is 5.00. The molecule has 0 aliphatic heterocycles. The third-order valence-electron chi connectivity index (χ3n) is 2.94. The molecule has 1 heterocycles. The van der Waals surface area contributed by atoms with E-state index in [0.29, 0.717) is 0 Å². The molecule has 0 aliphatic carbocycles. The second-order valence-corrected chi connectivity index (χ2v) is 6.14. The molecule has 98 valence electrons. The summed E-state index contributed by atoms with van der Waals surface area (Å²) < 4.78 is 0. The SMILES string of the molecule is CC(C)CCNCCSc1cc2ccccc2[nH]1. The van der Waals surface area contributed by atoms with Gasteiger partial charge in [-0.15, -0.1) is 11.8 Å². The van der Waals surface area contributed by atoms with Crippen molar-refractivity contribution in [3.05, 3.63) is 30.3 Å². The van der Waals surface area contributed by atoms with Crippen molar-refractivity contribution in [1.29, 1.82) is 0 Å². The Bertz CT molecular complexity index is 443. The van der Waals surface area contributed by atoms with Gasteiger partial charge < -0.3 is 10.3 Å². The summed E-state index contributed by atoms with van der Waals surface area (Å²) in [7, 11) is 0. The molecule has 2 rings (SSSR count). The van der Waals surface area contributed by atoms with Crippen molar-refractivity contribution in [3.63, 3.8) is 0 Å². The Hall–Kier alpha value is -0.930. The maximum absolute atomic E-state index is 3.49. The highest BCUT2D eigenvalue weighted by Gasteiger charge is 2.00. The van der Waals surface area contributed by atoms with Gasteiger partial charge in [0.2, 0.25) is 0 Å². The maximum Gasteiger partial charge on any atom is 0.0732 e. The first-order valence-electron chi connectivity index (χ1n) is 6.67. The van der Waals surface area contributed by atoms with Crippen LogP contribution in [0, 0.1) is 5.92 Å². The number of para-hydroxylation sites is 1. The largest absolute Gasteiger partial charge is 0.350 e. The van der Waals surface area contributed by atoms with Crippen LogP contribution >= 0.6 is 11.8 Å². The fraction of sp³-hybridized carbons (Fsp3) is 0.467. The molecule has 1 aromatic carbocycles. The molecule has 0 aliphatic rings. The van der Waals surface area contributed by atoms with Gasteiger partial charge in [0.05, 0.1) is 5.03 Å². The number of rotatable bonds is 7. The van der Waals surface area contributed by atoms with E-state index in [1.165, 1.54) is 22.3 Å². The fourth-order valence-electron chi connectivity index (χ4n) is 1.87. The Kier molecular flexibility index (Phi) is 5.14. The number of benzene rings is 1. The van der Waals surface area contributed by atoms with Gasteiger partial charge in [-0.2, -0.15) is 0 Å². The highest BCUT2D eigenvalue weighted by molar-refractivity contribution is 7.99. The van der Waals surface area contributed by atoms with Gasteiger partial charge in [0.15, 0.2) is 0 Å². The monoisotopic (exact) mass is 262 g/mol. The molecule has 3 heteroatoms. The maximum atomic E-state index is 3.49. The molecule has 0 bridgehead atoms. The molecule has 2 aromatic rings. The molecule has 0 saturated carbocycles. The van der Waals surface area contributed by atoms with Crippen LogP contribution in [0.15, 0.2) is 35.4 Å². The van der Waals surface area contributed by atoms with Crippen molar-refractivity contribution in [1.82, 2.24) is 10.3 Å². The van der Waals surface area contributed by atoms with Crippen LogP contribution in [0.1, 0.15) is 20.3 Å². The predicted molar refractivity (Wildman–Crippen MR) is 81.3 cm³/mol. The van der Waals surface area contributed by atoms with Crippen LogP contribution in [0.5, 0.6) is 0 Å². The number of hydrogen-bond acceptors (Lipinski definition) is 2. The fourth-order valence-corrected chi connectivity index (χ4v) is 2.73. The summed E-state index contributed by atoms with van der Waals surface area (Å²) in [6.45, 7) is 6.74. The van der Waals surface area contributed by atoms with Gasteiger partial charge >= 0.3 is 0 Å². The van der Waals surface area contributed by atoms with Gasteiger partial charge in [-0.1, -0.05) is 32.0 Å². The first-order valence-corrected chi connectivity index (χ1v) is 7.65. The molecule has 1 aromatic heterocycles. The third-order valence-corrected chi connectivity index (χ3v) is 3.88. The van der Waals surface area contributed by atoms with Crippen LogP contribution in [0.4, 0.5) is 0 Å². The van der Waals surface area contributed by atoms with E-state index in [-0.39, 0.29) is 0 Å². The Balaban J connectivity index is 1.70. The zero-order chi connectivity index (χ0) is 12.8.